The van der Waals surface area contributed by atoms with Gasteiger partial charge in [-0.3, -0.25) is 19.2 Å². The molecule has 92 valence electrons. The van der Waals surface area contributed by atoms with Gasteiger partial charge in [0.25, 0.3) is 0 Å². The highest BCUT2D eigenvalue weighted by Gasteiger charge is 2.18. The van der Waals surface area contributed by atoms with Crippen molar-refractivity contribution < 1.29 is 19.2 Å². The number of benzene rings is 1. The molecule has 1 aromatic rings. The topological polar surface area (TPSA) is 68.3 Å². The van der Waals surface area contributed by atoms with Crippen molar-refractivity contribution in [2.45, 2.75) is 26.7 Å². The van der Waals surface area contributed by atoms with Gasteiger partial charge in [0.15, 0.2) is 11.6 Å². The van der Waals surface area contributed by atoms with Crippen LogP contribution in [-0.2, 0) is 9.59 Å². The van der Waals surface area contributed by atoms with Gasteiger partial charge in [-0.2, -0.15) is 0 Å². The molecule has 0 aliphatic rings. The van der Waals surface area contributed by atoms with Crippen molar-refractivity contribution >= 4 is 23.1 Å². The van der Waals surface area contributed by atoms with E-state index in [0.717, 1.165) is 0 Å². The fourth-order valence-corrected chi connectivity index (χ4v) is 1.46. The van der Waals surface area contributed by atoms with Crippen molar-refractivity contribution in [3.05, 3.63) is 35.4 Å². The molecule has 0 saturated carbocycles. The molecule has 0 heterocycles. The molecule has 0 fully saturated rings. The fraction of sp³-hybridized carbons (Fsp3) is 0.286. The zero-order valence-corrected chi connectivity index (χ0v) is 10.2. The van der Waals surface area contributed by atoms with E-state index in [0.29, 0.717) is 0 Å². The van der Waals surface area contributed by atoms with Crippen molar-refractivity contribution in [2.24, 2.45) is 0 Å². The third-order valence-corrected chi connectivity index (χ3v) is 2.17. The Hall–Kier alpha value is -2.10. The smallest absolute Gasteiger partial charge is 0.171 e. The van der Waals surface area contributed by atoms with Crippen molar-refractivity contribution in [1.82, 2.24) is 0 Å². The Labute approximate surface area is 105 Å². The normalized spacial score (nSPS) is 9.89. The Morgan fingerprint density at radius 3 is 1.44 bits per heavy atom. The SMILES string of the molecule is CC(=O)CC(=O)c1[c]cc[c]c1C(=O)CC(C)=O. The van der Waals surface area contributed by atoms with Gasteiger partial charge >= 0.3 is 0 Å². The first-order valence-electron chi connectivity index (χ1n) is 5.39. The summed E-state index contributed by atoms with van der Waals surface area (Å²) in [5, 5.41) is 0. The fourth-order valence-electron chi connectivity index (χ4n) is 1.46. The van der Waals surface area contributed by atoms with E-state index >= 15 is 0 Å². The van der Waals surface area contributed by atoms with Crippen molar-refractivity contribution in [1.29, 1.82) is 0 Å². The summed E-state index contributed by atoms with van der Waals surface area (Å²) in [6, 6.07) is 8.15. The zero-order chi connectivity index (χ0) is 13.7. The van der Waals surface area contributed by atoms with E-state index in [1.807, 2.05) is 0 Å². The molecule has 2 radical (unpaired) electrons. The summed E-state index contributed by atoms with van der Waals surface area (Å²) in [6.45, 7) is 2.59. The molecule has 18 heavy (non-hydrogen) atoms. The van der Waals surface area contributed by atoms with Gasteiger partial charge in [0.05, 0.1) is 12.8 Å². The van der Waals surface area contributed by atoms with E-state index in [-0.39, 0.29) is 35.5 Å². The number of hydrogen-bond donors (Lipinski definition) is 0. The van der Waals surface area contributed by atoms with Crippen LogP contribution in [0.1, 0.15) is 47.4 Å². The van der Waals surface area contributed by atoms with Crippen LogP contribution >= 0.6 is 0 Å². The number of rotatable bonds is 6. The van der Waals surface area contributed by atoms with Crippen LogP contribution in [0.3, 0.4) is 0 Å². The lowest BCUT2D eigenvalue weighted by Gasteiger charge is -2.05. The molecule has 0 N–H and O–H groups in total. The number of carbonyl (C=O) groups is 4. The number of carbonyl (C=O) groups excluding carboxylic acids is 4. The van der Waals surface area contributed by atoms with Gasteiger partial charge < -0.3 is 0 Å². The maximum Gasteiger partial charge on any atom is 0.171 e. The number of hydrogen-bond acceptors (Lipinski definition) is 4. The molecule has 0 amide bonds. The molecule has 0 unspecified atom stereocenters. The Bertz CT molecular complexity index is 467. The number of ketones is 4. The minimum Gasteiger partial charge on any atom is -0.300 e. The number of Topliss-reactive ketones (excluding diaryl/α,β-unsaturated/α-hetero) is 4. The lowest BCUT2D eigenvalue weighted by Crippen LogP contribution is -2.13. The minimum atomic E-state index is -0.480. The van der Waals surface area contributed by atoms with Gasteiger partial charge in [-0.05, 0) is 26.0 Å². The van der Waals surface area contributed by atoms with Gasteiger partial charge in [0.2, 0.25) is 0 Å². The summed E-state index contributed by atoms with van der Waals surface area (Å²) in [6.07, 6.45) is -0.566. The summed E-state index contributed by atoms with van der Waals surface area (Å²) in [5.41, 5.74) is 0.0536. The highest BCUT2D eigenvalue weighted by atomic mass is 16.2. The Morgan fingerprint density at radius 1 is 0.833 bits per heavy atom. The summed E-state index contributed by atoms with van der Waals surface area (Å²) < 4.78 is 0. The first kappa shape index (κ1) is 14.0. The van der Waals surface area contributed by atoms with Crippen LogP contribution in [0.15, 0.2) is 12.1 Å². The molecule has 4 nitrogen and oxygen atoms in total. The largest absolute Gasteiger partial charge is 0.300 e. The third kappa shape index (κ3) is 3.73. The molecule has 1 aromatic carbocycles. The van der Waals surface area contributed by atoms with Gasteiger partial charge in [0, 0.05) is 11.1 Å². The van der Waals surface area contributed by atoms with Crippen molar-refractivity contribution in [3.63, 3.8) is 0 Å². The molecule has 0 saturated heterocycles. The average molecular weight is 244 g/mol. The maximum atomic E-state index is 11.8. The first-order chi connectivity index (χ1) is 8.41. The molecule has 0 aliphatic heterocycles. The second kappa shape index (κ2) is 6.00. The van der Waals surface area contributed by atoms with Crippen molar-refractivity contribution in [3.8, 4) is 0 Å². The molecular formula is C14H12O4. The molecule has 0 spiro atoms. The van der Waals surface area contributed by atoms with Crippen LogP contribution in [0.2, 0.25) is 0 Å². The first-order valence-corrected chi connectivity index (χ1v) is 5.39. The quantitative estimate of drug-likeness (QED) is 0.563. The Balaban J connectivity index is 3.06. The summed E-state index contributed by atoms with van der Waals surface area (Å²) in [7, 11) is 0. The highest BCUT2D eigenvalue weighted by Crippen LogP contribution is 2.13. The summed E-state index contributed by atoms with van der Waals surface area (Å²) in [5.74, 6) is -1.54. The van der Waals surface area contributed by atoms with Crippen LogP contribution in [-0.4, -0.2) is 23.1 Å². The van der Waals surface area contributed by atoms with E-state index in [1.165, 1.54) is 26.0 Å². The second-order valence-corrected chi connectivity index (χ2v) is 3.98. The van der Waals surface area contributed by atoms with Crippen LogP contribution in [0.4, 0.5) is 0 Å². The predicted molar refractivity (Wildman–Crippen MR) is 63.4 cm³/mol. The minimum absolute atomic E-state index is 0.0268. The standard InChI is InChI=1S/C14H12O4/c1-9(15)7-13(17)11-5-3-4-6-12(11)14(18)8-10(2)16/h3-4H,7-8H2,1-2H3. The van der Waals surface area contributed by atoms with Gasteiger partial charge in [-0.15, -0.1) is 0 Å². The monoisotopic (exact) mass is 244 g/mol. The average Bonchev–Trinajstić information content (AvgIpc) is 2.27. The third-order valence-electron chi connectivity index (χ3n) is 2.17. The second-order valence-electron chi connectivity index (χ2n) is 3.98. The summed E-state index contributed by atoms with van der Waals surface area (Å²) in [4.78, 5) is 45.3. The molecule has 4 heteroatoms. The highest BCUT2D eigenvalue weighted by molar-refractivity contribution is 6.16. The van der Waals surface area contributed by atoms with E-state index in [9.17, 15) is 19.2 Å². The van der Waals surface area contributed by atoms with E-state index in [2.05, 4.69) is 12.1 Å². The zero-order valence-electron chi connectivity index (χ0n) is 10.2. The van der Waals surface area contributed by atoms with Crippen LogP contribution < -0.4 is 0 Å². The molecular weight excluding hydrogens is 232 g/mol. The lowest BCUT2D eigenvalue weighted by atomic mass is 9.96. The maximum absolute atomic E-state index is 11.8. The van der Waals surface area contributed by atoms with Crippen LogP contribution in [0.5, 0.6) is 0 Å². The van der Waals surface area contributed by atoms with Gasteiger partial charge in [0.1, 0.15) is 11.6 Å². The lowest BCUT2D eigenvalue weighted by molar-refractivity contribution is -0.117. The summed E-state index contributed by atoms with van der Waals surface area (Å²) >= 11 is 0. The van der Waals surface area contributed by atoms with E-state index in [4.69, 9.17) is 0 Å². The Morgan fingerprint density at radius 2 is 1.17 bits per heavy atom. The van der Waals surface area contributed by atoms with E-state index in [1.54, 1.807) is 0 Å². The molecule has 0 aliphatic carbocycles. The van der Waals surface area contributed by atoms with Gasteiger partial charge in [-0.1, -0.05) is 12.1 Å². The molecule has 1 rings (SSSR count). The van der Waals surface area contributed by atoms with Crippen LogP contribution in [0, 0.1) is 12.1 Å². The van der Waals surface area contributed by atoms with Crippen LogP contribution in [0.25, 0.3) is 0 Å². The van der Waals surface area contributed by atoms with Crippen molar-refractivity contribution in [2.75, 3.05) is 0 Å². The predicted octanol–water partition coefficient (Wildman–Crippen LogP) is 1.61. The molecule has 0 bridgehead atoms. The molecule has 0 aromatic heterocycles. The van der Waals surface area contributed by atoms with E-state index < -0.39 is 11.6 Å². The van der Waals surface area contributed by atoms with Gasteiger partial charge in [-0.25, -0.2) is 0 Å². The molecule has 0 atom stereocenters. The Kier molecular flexibility index (Phi) is 4.66.